The number of rotatable bonds is 2. The van der Waals surface area contributed by atoms with Crippen LogP contribution >= 0.6 is 27.5 Å². The third-order valence-electron chi connectivity index (χ3n) is 2.98. The second-order valence-corrected chi connectivity index (χ2v) is 5.79. The molecule has 0 unspecified atom stereocenters. The molecule has 2 aromatic rings. The summed E-state index contributed by atoms with van der Waals surface area (Å²) in [6, 6.07) is 8.87. The molecule has 1 aliphatic rings. The van der Waals surface area contributed by atoms with Gasteiger partial charge in [0.2, 0.25) is 0 Å². The van der Waals surface area contributed by atoms with Crippen molar-refractivity contribution in [3.63, 3.8) is 0 Å². The summed E-state index contributed by atoms with van der Waals surface area (Å²) in [7, 11) is 0. The van der Waals surface area contributed by atoms with Crippen LogP contribution in [0.5, 0.6) is 5.75 Å². The number of nitrogens with two attached hydrogens (primary N) is 1. The molecule has 3 rings (SSSR count). The molecule has 0 saturated carbocycles. The second-order valence-electron chi connectivity index (χ2n) is 4.53. The van der Waals surface area contributed by atoms with E-state index in [0.29, 0.717) is 27.8 Å². The molecule has 0 aromatic heterocycles. The molecule has 0 saturated heterocycles. The van der Waals surface area contributed by atoms with Gasteiger partial charge in [-0.25, -0.2) is 0 Å². The van der Waals surface area contributed by atoms with E-state index in [1.54, 1.807) is 18.2 Å². The number of carbonyl (C=O) groups excluding carboxylic acids is 1. The Bertz CT molecular complexity index is 736. The van der Waals surface area contributed by atoms with Crippen molar-refractivity contribution in [1.82, 2.24) is 0 Å². The molecular weight excluding hydrogens is 358 g/mol. The van der Waals surface area contributed by atoms with Crippen molar-refractivity contribution in [2.45, 2.75) is 0 Å². The minimum Gasteiger partial charge on any atom is -0.482 e. The fraction of sp³-hybridized carbons (Fsp3) is 0.0714. The van der Waals surface area contributed by atoms with Gasteiger partial charge < -0.3 is 21.1 Å². The summed E-state index contributed by atoms with van der Waals surface area (Å²) in [5.74, 6) is 0.377. The molecule has 2 aromatic carbocycles. The van der Waals surface area contributed by atoms with Crippen LogP contribution in [0.4, 0.5) is 22.7 Å². The fourth-order valence-electron chi connectivity index (χ4n) is 1.98. The molecular formula is C14H11BrClN3O2. The molecule has 1 heterocycles. The van der Waals surface area contributed by atoms with Gasteiger partial charge in [0.15, 0.2) is 6.61 Å². The fourth-order valence-corrected chi connectivity index (χ4v) is 2.48. The van der Waals surface area contributed by atoms with Crippen molar-refractivity contribution in [2.24, 2.45) is 0 Å². The van der Waals surface area contributed by atoms with Crippen molar-refractivity contribution < 1.29 is 9.53 Å². The lowest BCUT2D eigenvalue weighted by molar-refractivity contribution is -0.118. The molecule has 7 heteroatoms. The Kier molecular flexibility index (Phi) is 3.65. The van der Waals surface area contributed by atoms with Gasteiger partial charge in [-0.15, -0.1) is 0 Å². The zero-order valence-electron chi connectivity index (χ0n) is 10.7. The number of hydrogen-bond donors (Lipinski definition) is 3. The van der Waals surface area contributed by atoms with Gasteiger partial charge in [-0.1, -0.05) is 11.6 Å². The van der Waals surface area contributed by atoms with Gasteiger partial charge in [-0.05, 0) is 40.2 Å². The van der Waals surface area contributed by atoms with E-state index in [2.05, 4.69) is 26.6 Å². The second kappa shape index (κ2) is 5.46. The molecule has 0 bridgehead atoms. The molecule has 0 fully saturated rings. The number of carbonyl (C=O) groups is 1. The summed E-state index contributed by atoms with van der Waals surface area (Å²) in [6.45, 7) is 0.00332. The number of anilines is 4. The number of nitrogen functional groups attached to an aromatic ring is 1. The number of benzene rings is 2. The Balaban J connectivity index is 1.93. The number of amides is 1. The molecule has 0 atom stereocenters. The highest BCUT2D eigenvalue weighted by atomic mass is 79.9. The highest BCUT2D eigenvalue weighted by Crippen LogP contribution is 2.37. The van der Waals surface area contributed by atoms with E-state index in [0.717, 1.165) is 10.2 Å². The standard InChI is InChI=1S/C14H11BrClN3O2/c15-8-3-7(1-2-9(8)16)18-11-5-12-13(4-10(11)17)21-6-14(20)19-12/h1-5,18H,6,17H2,(H,19,20). The summed E-state index contributed by atoms with van der Waals surface area (Å²) >= 11 is 9.33. The Morgan fingerprint density at radius 1 is 1.33 bits per heavy atom. The molecule has 5 nitrogen and oxygen atoms in total. The predicted molar refractivity (Wildman–Crippen MR) is 87.4 cm³/mol. The smallest absolute Gasteiger partial charge is 0.262 e. The van der Waals surface area contributed by atoms with Crippen LogP contribution in [0.3, 0.4) is 0 Å². The molecule has 108 valence electrons. The van der Waals surface area contributed by atoms with E-state index < -0.39 is 0 Å². The van der Waals surface area contributed by atoms with E-state index in [4.69, 9.17) is 22.1 Å². The Morgan fingerprint density at radius 2 is 2.14 bits per heavy atom. The largest absolute Gasteiger partial charge is 0.482 e. The van der Waals surface area contributed by atoms with E-state index in [1.807, 2.05) is 12.1 Å². The van der Waals surface area contributed by atoms with Gasteiger partial charge in [-0.2, -0.15) is 0 Å². The van der Waals surface area contributed by atoms with Gasteiger partial charge in [0.05, 0.1) is 22.1 Å². The summed E-state index contributed by atoms with van der Waals surface area (Å²) in [5, 5.41) is 6.55. The predicted octanol–water partition coefficient (Wildman–Crippen LogP) is 3.76. The minimum atomic E-state index is -0.188. The van der Waals surface area contributed by atoms with E-state index in [1.165, 1.54) is 0 Å². The normalized spacial score (nSPS) is 13.1. The van der Waals surface area contributed by atoms with Crippen molar-refractivity contribution in [2.75, 3.05) is 23.0 Å². The summed E-state index contributed by atoms with van der Waals surface area (Å²) in [5.41, 5.74) is 8.61. The molecule has 1 aliphatic heterocycles. The van der Waals surface area contributed by atoms with Gasteiger partial charge in [0, 0.05) is 16.2 Å². The molecule has 1 amide bonds. The number of ether oxygens (including phenoxy) is 1. The van der Waals surface area contributed by atoms with Crippen LogP contribution in [0.15, 0.2) is 34.8 Å². The molecule has 4 N–H and O–H groups in total. The van der Waals surface area contributed by atoms with Crippen LogP contribution in [0, 0.1) is 0 Å². The number of halogens is 2. The minimum absolute atomic E-state index is 0.00332. The van der Waals surface area contributed by atoms with Crippen molar-refractivity contribution in [3.05, 3.63) is 39.8 Å². The number of nitrogens with one attached hydrogen (secondary N) is 2. The lowest BCUT2D eigenvalue weighted by atomic mass is 10.2. The average molecular weight is 369 g/mol. The highest BCUT2D eigenvalue weighted by Gasteiger charge is 2.18. The SMILES string of the molecule is Nc1cc2c(cc1Nc1ccc(Cl)c(Br)c1)NC(=O)CO2. The van der Waals surface area contributed by atoms with Crippen LogP contribution < -0.4 is 21.1 Å². The zero-order chi connectivity index (χ0) is 15.0. The van der Waals surface area contributed by atoms with Gasteiger partial charge in [0.1, 0.15) is 5.75 Å². The molecule has 0 spiro atoms. The highest BCUT2D eigenvalue weighted by molar-refractivity contribution is 9.10. The average Bonchev–Trinajstić information content (AvgIpc) is 2.44. The maximum atomic E-state index is 11.4. The first-order valence-electron chi connectivity index (χ1n) is 6.11. The third-order valence-corrected chi connectivity index (χ3v) is 4.20. The van der Waals surface area contributed by atoms with Crippen LogP contribution in [-0.2, 0) is 4.79 Å². The number of fused-ring (bicyclic) bond motifs is 1. The molecule has 0 aliphatic carbocycles. The zero-order valence-corrected chi connectivity index (χ0v) is 13.1. The van der Waals surface area contributed by atoms with E-state index in [-0.39, 0.29) is 12.5 Å². The lowest BCUT2D eigenvalue weighted by Gasteiger charge is -2.20. The van der Waals surface area contributed by atoms with Crippen molar-refractivity contribution in [1.29, 1.82) is 0 Å². The van der Waals surface area contributed by atoms with Gasteiger partial charge in [-0.3, -0.25) is 4.79 Å². The molecule has 0 radical (unpaired) electrons. The monoisotopic (exact) mass is 367 g/mol. The van der Waals surface area contributed by atoms with Crippen LogP contribution in [0.2, 0.25) is 5.02 Å². The first-order valence-corrected chi connectivity index (χ1v) is 7.28. The maximum absolute atomic E-state index is 11.4. The van der Waals surface area contributed by atoms with Crippen molar-refractivity contribution in [3.8, 4) is 5.75 Å². The van der Waals surface area contributed by atoms with Crippen LogP contribution in [0.1, 0.15) is 0 Å². The topological polar surface area (TPSA) is 76.4 Å². The lowest BCUT2D eigenvalue weighted by Crippen LogP contribution is -2.25. The van der Waals surface area contributed by atoms with Crippen LogP contribution in [0.25, 0.3) is 0 Å². The first kappa shape index (κ1) is 14.0. The summed E-state index contributed by atoms with van der Waals surface area (Å²) in [4.78, 5) is 11.4. The number of hydrogen-bond acceptors (Lipinski definition) is 4. The Hall–Kier alpha value is -1.92. The Morgan fingerprint density at radius 3 is 2.90 bits per heavy atom. The van der Waals surface area contributed by atoms with E-state index in [9.17, 15) is 4.79 Å². The molecule has 21 heavy (non-hydrogen) atoms. The maximum Gasteiger partial charge on any atom is 0.262 e. The quantitative estimate of drug-likeness (QED) is 0.706. The third kappa shape index (κ3) is 2.91. The van der Waals surface area contributed by atoms with Crippen LogP contribution in [-0.4, -0.2) is 12.5 Å². The van der Waals surface area contributed by atoms with Crippen molar-refractivity contribution >= 4 is 56.2 Å². The summed E-state index contributed by atoms with van der Waals surface area (Å²) in [6.07, 6.45) is 0. The van der Waals surface area contributed by atoms with Gasteiger partial charge in [0.25, 0.3) is 5.91 Å². The van der Waals surface area contributed by atoms with Gasteiger partial charge >= 0.3 is 0 Å². The first-order chi connectivity index (χ1) is 10.0. The van der Waals surface area contributed by atoms with E-state index >= 15 is 0 Å². The Labute approximate surface area is 134 Å². The summed E-state index contributed by atoms with van der Waals surface area (Å²) < 4.78 is 6.09.